The lowest BCUT2D eigenvalue weighted by atomic mass is 9.95. The summed E-state index contributed by atoms with van der Waals surface area (Å²) in [7, 11) is 0. The lowest BCUT2D eigenvalue weighted by Crippen LogP contribution is -2.02. The highest BCUT2D eigenvalue weighted by Gasteiger charge is 2.14. The topological polar surface area (TPSA) is 43.2 Å². The second-order valence-electron chi connectivity index (χ2n) is 13.5. The maximum Gasteiger partial charge on any atom is 0.122 e. The van der Waals surface area contributed by atoms with E-state index in [4.69, 9.17) is 19.7 Å². The Morgan fingerprint density at radius 2 is 1.12 bits per heavy atom. The second-order valence-corrected chi connectivity index (χ2v) is 13.5. The molecule has 3 aromatic rings. The van der Waals surface area contributed by atoms with Crippen LogP contribution in [0.15, 0.2) is 64.8 Å². The molecule has 0 aliphatic carbocycles. The molecule has 0 spiro atoms. The van der Waals surface area contributed by atoms with Crippen molar-refractivity contribution in [2.45, 2.75) is 157 Å². The Morgan fingerprint density at radius 1 is 0.562 bits per heavy atom. The number of hydrogen-bond acceptors (Lipinski definition) is 4. The first-order valence-electron chi connectivity index (χ1n) is 19.6. The number of ether oxygens (including phenoxy) is 2. The molecule has 4 heteroatoms. The first kappa shape index (κ1) is 39.3. The standard InChI is InChI=1S/C44H66N2O2/c1-7-12-13-14-15-16-17-18-19-20-21-22-23-24-31-48-43-30-27-40(34-42(43)35(6)8-2)45-46-44-36(9-3)32-39(33-37(44)10-4)38-25-28-41(29-26-38)47-11-5/h25-30,32-35H,7-24,31H2,1-6H3/t35-/m0/s1. The van der Waals surface area contributed by atoms with Crippen LogP contribution in [0.25, 0.3) is 11.1 Å². The predicted octanol–water partition coefficient (Wildman–Crippen LogP) is 14.7. The van der Waals surface area contributed by atoms with Crippen molar-refractivity contribution >= 4 is 11.4 Å². The maximum atomic E-state index is 6.35. The third-order valence-electron chi connectivity index (χ3n) is 9.69. The summed E-state index contributed by atoms with van der Waals surface area (Å²) in [4.78, 5) is 0. The Hall–Kier alpha value is -3.14. The van der Waals surface area contributed by atoms with Gasteiger partial charge in [0.05, 0.1) is 24.6 Å². The fourth-order valence-electron chi connectivity index (χ4n) is 6.43. The van der Waals surface area contributed by atoms with Gasteiger partial charge in [-0.2, -0.15) is 5.11 Å². The van der Waals surface area contributed by atoms with Crippen LogP contribution >= 0.6 is 0 Å². The van der Waals surface area contributed by atoms with E-state index < -0.39 is 0 Å². The highest BCUT2D eigenvalue weighted by atomic mass is 16.5. The predicted molar refractivity (Wildman–Crippen MR) is 207 cm³/mol. The molecule has 1 atom stereocenters. The lowest BCUT2D eigenvalue weighted by Gasteiger charge is -2.16. The normalized spacial score (nSPS) is 12.1. The van der Waals surface area contributed by atoms with Crippen LogP contribution in [0.5, 0.6) is 11.5 Å². The molecule has 264 valence electrons. The Balaban J connectivity index is 1.53. The SMILES string of the molecule is CCCCCCCCCCCCCCCCOc1ccc(N=Nc2c(CC)cc(-c3ccc(OCC)cc3)cc2CC)cc1[C@@H](C)CC. The van der Waals surface area contributed by atoms with Crippen LogP contribution < -0.4 is 9.47 Å². The molecular formula is C44H66N2O2. The molecule has 0 saturated heterocycles. The summed E-state index contributed by atoms with van der Waals surface area (Å²) in [6.07, 6.45) is 22.0. The van der Waals surface area contributed by atoms with Gasteiger partial charge in [0.15, 0.2) is 0 Å². The lowest BCUT2D eigenvalue weighted by molar-refractivity contribution is 0.299. The third-order valence-corrected chi connectivity index (χ3v) is 9.69. The molecule has 0 heterocycles. The van der Waals surface area contributed by atoms with E-state index in [0.29, 0.717) is 12.5 Å². The summed E-state index contributed by atoms with van der Waals surface area (Å²) < 4.78 is 12.0. The molecule has 3 rings (SSSR count). The van der Waals surface area contributed by atoms with Gasteiger partial charge in [-0.1, -0.05) is 130 Å². The number of nitrogens with zero attached hydrogens (tertiary/aromatic N) is 2. The monoisotopic (exact) mass is 655 g/mol. The van der Waals surface area contributed by atoms with Crippen LogP contribution in [0.3, 0.4) is 0 Å². The zero-order valence-electron chi connectivity index (χ0n) is 31.4. The highest BCUT2D eigenvalue weighted by molar-refractivity contribution is 5.71. The molecule has 0 radical (unpaired) electrons. The van der Waals surface area contributed by atoms with Gasteiger partial charge in [0.25, 0.3) is 0 Å². The van der Waals surface area contributed by atoms with Crippen molar-refractivity contribution in [3.63, 3.8) is 0 Å². The summed E-state index contributed by atoms with van der Waals surface area (Å²) in [6.45, 7) is 14.7. The van der Waals surface area contributed by atoms with Gasteiger partial charge in [-0.15, -0.1) is 5.11 Å². The summed E-state index contributed by atoms with van der Waals surface area (Å²) in [5, 5.41) is 9.63. The summed E-state index contributed by atoms with van der Waals surface area (Å²) in [5.74, 6) is 2.31. The van der Waals surface area contributed by atoms with Crippen LogP contribution in [0.2, 0.25) is 0 Å². The second kappa shape index (κ2) is 23.3. The van der Waals surface area contributed by atoms with Gasteiger partial charge in [0.1, 0.15) is 11.5 Å². The van der Waals surface area contributed by atoms with Crippen molar-refractivity contribution in [1.29, 1.82) is 0 Å². The van der Waals surface area contributed by atoms with E-state index in [-0.39, 0.29) is 0 Å². The molecule has 4 nitrogen and oxygen atoms in total. The molecule has 0 unspecified atom stereocenters. The average molecular weight is 655 g/mol. The van der Waals surface area contributed by atoms with E-state index >= 15 is 0 Å². The number of hydrogen-bond donors (Lipinski definition) is 0. The number of azo groups is 1. The van der Waals surface area contributed by atoms with Crippen molar-refractivity contribution in [3.8, 4) is 22.6 Å². The smallest absolute Gasteiger partial charge is 0.122 e. The highest BCUT2D eigenvalue weighted by Crippen LogP contribution is 2.36. The van der Waals surface area contributed by atoms with Gasteiger partial charge in [0, 0.05) is 0 Å². The molecule has 48 heavy (non-hydrogen) atoms. The van der Waals surface area contributed by atoms with Gasteiger partial charge in [-0.25, -0.2) is 0 Å². The van der Waals surface area contributed by atoms with Crippen molar-refractivity contribution in [1.82, 2.24) is 0 Å². The third kappa shape index (κ3) is 13.4. The largest absolute Gasteiger partial charge is 0.494 e. The molecule has 3 aromatic carbocycles. The van der Waals surface area contributed by atoms with Crippen molar-refractivity contribution in [2.24, 2.45) is 10.2 Å². The summed E-state index contributed by atoms with van der Waals surface area (Å²) >= 11 is 0. The van der Waals surface area contributed by atoms with Gasteiger partial charge in [0.2, 0.25) is 0 Å². The number of aryl methyl sites for hydroxylation is 2. The van der Waals surface area contributed by atoms with Gasteiger partial charge >= 0.3 is 0 Å². The van der Waals surface area contributed by atoms with E-state index in [1.807, 2.05) is 19.1 Å². The van der Waals surface area contributed by atoms with Crippen LogP contribution in [0.1, 0.15) is 160 Å². The van der Waals surface area contributed by atoms with Crippen molar-refractivity contribution in [3.05, 3.63) is 71.3 Å². The number of rotatable bonds is 25. The van der Waals surface area contributed by atoms with Crippen molar-refractivity contribution < 1.29 is 9.47 Å². The summed E-state index contributed by atoms with van der Waals surface area (Å²) in [6, 6.07) is 19.3. The Morgan fingerprint density at radius 3 is 1.65 bits per heavy atom. The maximum absolute atomic E-state index is 6.35. The van der Waals surface area contributed by atoms with Crippen LogP contribution in [0, 0.1) is 0 Å². The molecule has 0 fully saturated rings. The zero-order chi connectivity index (χ0) is 34.4. The molecule has 0 amide bonds. The quantitative estimate of drug-likeness (QED) is 0.0674. The number of benzene rings is 3. The van der Waals surface area contributed by atoms with Gasteiger partial charge < -0.3 is 9.47 Å². The minimum absolute atomic E-state index is 0.400. The van der Waals surface area contributed by atoms with Gasteiger partial charge in [-0.05, 0) is 109 Å². The number of unbranched alkanes of at least 4 members (excludes halogenated alkanes) is 13. The molecule has 0 aromatic heterocycles. The van der Waals surface area contributed by atoms with E-state index in [2.05, 4.69) is 77.1 Å². The Kier molecular flexibility index (Phi) is 19.0. The zero-order valence-corrected chi connectivity index (χ0v) is 31.4. The molecule has 0 aliphatic rings. The average Bonchev–Trinajstić information content (AvgIpc) is 3.12. The Bertz CT molecular complexity index is 1310. The molecular weight excluding hydrogens is 588 g/mol. The molecule has 0 saturated carbocycles. The molecule has 0 aliphatic heterocycles. The minimum atomic E-state index is 0.400. The minimum Gasteiger partial charge on any atom is -0.494 e. The van der Waals surface area contributed by atoms with E-state index in [1.165, 1.54) is 111 Å². The first-order valence-corrected chi connectivity index (χ1v) is 19.6. The fraction of sp³-hybridized carbons (Fsp3) is 0.591. The van der Waals surface area contributed by atoms with Crippen LogP contribution in [-0.4, -0.2) is 13.2 Å². The Labute approximate surface area is 294 Å². The van der Waals surface area contributed by atoms with E-state index in [1.54, 1.807) is 0 Å². The molecule has 0 N–H and O–H groups in total. The van der Waals surface area contributed by atoms with E-state index in [0.717, 1.165) is 55.2 Å². The van der Waals surface area contributed by atoms with Crippen LogP contribution in [-0.2, 0) is 12.8 Å². The summed E-state index contributed by atoms with van der Waals surface area (Å²) in [5.41, 5.74) is 7.96. The van der Waals surface area contributed by atoms with Crippen LogP contribution in [0.4, 0.5) is 11.4 Å². The van der Waals surface area contributed by atoms with E-state index in [9.17, 15) is 0 Å². The fourth-order valence-corrected chi connectivity index (χ4v) is 6.43. The van der Waals surface area contributed by atoms with Crippen molar-refractivity contribution in [2.75, 3.05) is 13.2 Å². The first-order chi connectivity index (χ1) is 23.5. The van der Waals surface area contributed by atoms with Gasteiger partial charge in [-0.3, -0.25) is 0 Å². The molecule has 0 bridgehead atoms.